The second-order valence-electron chi connectivity index (χ2n) is 6.69. The van der Waals surface area contributed by atoms with Crippen molar-refractivity contribution in [2.75, 3.05) is 20.1 Å². The first-order valence-corrected chi connectivity index (χ1v) is 10.2. The summed E-state index contributed by atoms with van der Waals surface area (Å²) in [5.41, 5.74) is 1.01. The van der Waals surface area contributed by atoms with Crippen LogP contribution in [0.2, 0.25) is 0 Å². The van der Waals surface area contributed by atoms with Gasteiger partial charge in [0.15, 0.2) is 0 Å². The highest BCUT2D eigenvalue weighted by Crippen LogP contribution is 2.25. The lowest BCUT2D eigenvalue weighted by molar-refractivity contribution is 0.0775. The Hall–Kier alpha value is -2.12. The van der Waals surface area contributed by atoms with E-state index < -0.39 is 10.0 Å². The Bertz CT molecular complexity index is 869. The Morgan fingerprint density at radius 2 is 1.92 bits per heavy atom. The van der Waals surface area contributed by atoms with Crippen LogP contribution in [-0.4, -0.2) is 43.7 Å². The molecule has 2 heterocycles. The van der Waals surface area contributed by atoms with Crippen molar-refractivity contribution in [3.63, 3.8) is 0 Å². The minimum Gasteiger partial charge on any atom is -0.467 e. The summed E-state index contributed by atoms with van der Waals surface area (Å²) >= 11 is 0. The summed E-state index contributed by atoms with van der Waals surface area (Å²) in [6, 6.07) is 8.44. The van der Waals surface area contributed by atoms with Gasteiger partial charge in [-0.1, -0.05) is 12.5 Å². The van der Waals surface area contributed by atoms with Crippen LogP contribution in [0.15, 0.2) is 45.9 Å². The Morgan fingerprint density at radius 3 is 2.58 bits per heavy atom. The second kappa shape index (κ2) is 7.63. The smallest absolute Gasteiger partial charge is 0.254 e. The molecule has 0 bridgehead atoms. The van der Waals surface area contributed by atoms with Crippen molar-refractivity contribution in [1.29, 1.82) is 0 Å². The molecule has 7 heteroatoms. The average molecular weight is 376 g/mol. The van der Waals surface area contributed by atoms with Gasteiger partial charge in [0.05, 0.1) is 17.7 Å². The molecule has 0 radical (unpaired) electrons. The largest absolute Gasteiger partial charge is 0.467 e. The third kappa shape index (κ3) is 3.83. The Kier molecular flexibility index (Phi) is 5.48. The van der Waals surface area contributed by atoms with E-state index in [9.17, 15) is 13.2 Å². The van der Waals surface area contributed by atoms with Gasteiger partial charge in [0.2, 0.25) is 10.0 Å². The fraction of sp³-hybridized carbons (Fsp3) is 0.421. The van der Waals surface area contributed by atoms with Crippen molar-refractivity contribution in [3.05, 3.63) is 53.5 Å². The van der Waals surface area contributed by atoms with Gasteiger partial charge in [0, 0.05) is 25.7 Å². The molecule has 0 saturated carbocycles. The van der Waals surface area contributed by atoms with Crippen molar-refractivity contribution < 1.29 is 17.6 Å². The van der Waals surface area contributed by atoms with E-state index in [1.54, 1.807) is 44.5 Å². The number of sulfonamides is 1. The van der Waals surface area contributed by atoms with Crippen LogP contribution in [-0.2, 0) is 16.6 Å². The number of piperidine rings is 1. The zero-order valence-electron chi connectivity index (χ0n) is 15.1. The number of nitrogens with zero attached hydrogens (tertiary/aromatic N) is 2. The maximum absolute atomic E-state index is 13.0. The van der Waals surface area contributed by atoms with Gasteiger partial charge in [-0.05, 0) is 49.6 Å². The van der Waals surface area contributed by atoms with Crippen molar-refractivity contribution in [2.24, 2.45) is 0 Å². The number of furan rings is 1. The lowest BCUT2D eigenvalue weighted by Crippen LogP contribution is -2.36. The number of aryl methyl sites for hydroxylation is 1. The molecule has 0 unspecified atom stereocenters. The molecule has 1 fully saturated rings. The van der Waals surface area contributed by atoms with E-state index in [0.29, 0.717) is 36.5 Å². The third-order valence-corrected chi connectivity index (χ3v) is 6.73. The van der Waals surface area contributed by atoms with Gasteiger partial charge in [-0.25, -0.2) is 8.42 Å². The van der Waals surface area contributed by atoms with Crippen LogP contribution < -0.4 is 0 Å². The minimum absolute atomic E-state index is 0.219. The van der Waals surface area contributed by atoms with Gasteiger partial charge in [0.1, 0.15) is 5.76 Å². The molecule has 1 aromatic heterocycles. The van der Waals surface area contributed by atoms with E-state index in [2.05, 4.69) is 0 Å². The first-order chi connectivity index (χ1) is 12.4. The Balaban J connectivity index is 1.86. The first-order valence-electron chi connectivity index (χ1n) is 8.78. The molecule has 1 saturated heterocycles. The number of rotatable bonds is 5. The molecule has 3 rings (SSSR count). The summed E-state index contributed by atoms with van der Waals surface area (Å²) in [4.78, 5) is 14.4. The highest BCUT2D eigenvalue weighted by Gasteiger charge is 2.28. The maximum atomic E-state index is 13.0. The summed E-state index contributed by atoms with van der Waals surface area (Å²) in [6.07, 6.45) is 4.37. The number of carbonyl (C=O) groups excluding carboxylic acids is 1. The summed E-state index contributed by atoms with van der Waals surface area (Å²) in [6.45, 7) is 3.17. The Morgan fingerprint density at radius 1 is 1.19 bits per heavy atom. The summed E-state index contributed by atoms with van der Waals surface area (Å²) in [5.74, 6) is 0.436. The highest BCUT2D eigenvalue weighted by molar-refractivity contribution is 7.89. The van der Waals surface area contributed by atoms with Gasteiger partial charge < -0.3 is 9.32 Å². The van der Waals surface area contributed by atoms with E-state index in [1.807, 2.05) is 0 Å². The number of amides is 1. The van der Waals surface area contributed by atoms with Crippen LogP contribution in [0.4, 0.5) is 0 Å². The fourth-order valence-electron chi connectivity index (χ4n) is 3.18. The molecule has 6 nitrogen and oxygen atoms in total. The molecule has 0 spiro atoms. The zero-order chi connectivity index (χ0) is 18.7. The molecule has 1 aromatic carbocycles. The molecule has 1 amide bonds. The maximum Gasteiger partial charge on any atom is 0.254 e. The topological polar surface area (TPSA) is 70.8 Å². The Labute approximate surface area is 154 Å². The van der Waals surface area contributed by atoms with Crippen LogP contribution >= 0.6 is 0 Å². The molecule has 1 aliphatic heterocycles. The normalized spacial score (nSPS) is 15.8. The van der Waals surface area contributed by atoms with Crippen molar-refractivity contribution >= 4 is 15.9 Å². The molecule has 2 aromatic rings. The van der Waals surface area contributed by atoms with Crippen molar-refractivity contribution in [3.8, 4) is 0 Å². The summed E-state index contributed by atoms with van der Waals surface area (Å²) < 4.78 is 32.8. The summed E-state index contributed by atoms with van der Waals surface area (Å²) in [5, 5.41) is 0. The van der Waals surface area contributed by atoms with Gasteiger partial charge in [-0.3, -0.25) is 4.79 Å². The lowest BCUT2D eigenvalue weighted by Gasteiger charge is -2.27. The molecule has 0 aliphatic carbocycles. The second-order valence-corrected chi connectivity index (χ2v) is 8.59. The van der Waals surface area contributed by atoms with Crippen LogP contribution in [0.25, 0.3) is 0 Å². The van der Waals surface area contributed by atoms with E-state index >= 15 is 0 Å². The monoisotopic (exact) mass is 376 g/mol. The van der Waals surface area contributed by atoms with Crippen LogP contribution in [0.5, 0.6) is 0 Å². The fourth-order valence-corrected chi connectivity index (χ4v) is 4.95. The van der Waals surface area contributed by atoms with E-state index in [-0.39, 0.29) is 10.8 Å². The van der Waals surface area contributed by atoms with E-state index in [1.165, 1.54) is 15.3 Å². The molecule has 140 valence electrons. The minimum atomic E-state index is -3.58. The van der Waals surface area contributed by atoms with Gasteiger partial charge >= 0.3 is 0 Å². The van der Waals surface area contributed by atoms with Gasteiger partial charge in [-0.15, -0.1) is 0 Å². The molecular weight excluding hydrogens is 352 g/mol. The van der Waals surface area contributed by atoms with Gasteiger partial charge in [0.25, 0.3) is 5.91 Å². The number of hydrogen-bond acceptors (Lipinski definition) is 4. The van der Waals surface area contributed by atoms with Crippen molar-refractivity contribution in [1.82, 2.24) is 9.21 Å². The van der Waals surface area contributed by atoms with Crippen LogP contribution in [0, 0.1) is 6.92 Å². The third-order valence-electron chi connectivity index (χ3n) is 4.69. The van der Waals surface area contributed by atoms with Crippen LogP contribution in [0.3, 0.4) is 0 Å². The predicted octanol–water partition coefficient (Wildman–Crippen LogP) is 3.03. The van der Waals surface area contributed by atoms with E-state index in [4.69, 9.17) is 4.42 Å². The molecule has 0 N–H and O–H groups in total. The molecule has 26 heavy (non-hydrogen) atoms. The highest BCUT2D eigenvalue weighted by atomic mass is 32.2. The van der Waals surface area contributed by atoms with Crippen molar-refractivity contribution in [2.45, 2.75) is 37.6 Å². The molecular formula is C19H24N2O4S. The standard InChI is InChI=1S/C19H24N2O4S/c1-15-8-9-16(19(22)20(2)14-17-7-6-12-25-17)13-18(15)26(23,24)21-10-4-3-5-11-21/h6-9,12-13H,3-5,10-11,14H2,1-2H3. The quantitative estimate of drug-likeness (QED) is 0.804. The molecule has 0 atom stereocenters. The van der Waals surface area contributed by atoms with Gasteiger partial charge in [-0.2, -0.15) is 4.31 Å². The summed E-state index contributed by atoms with van der Waals surface area (Å²) in [7, 11) is -1.91. The lowest BCUT2D eigenvalue weighted by atomic mass is 10.1. The molecule has 1 aliphatic rings. The zero-order valence-corrected chi connectivity index (χ0v) is 16.0. The first kappa shape index (κ1) is 18.7. The van der Waals surface area contributed by atoms with E-state index in [0.717, 1.165) is 19.3 Å². The predicted molar refractivity (Wildman–Crippen MR) is 98.3 cm³/mol. The average Bonchev–Trinajstić information content (AvgIpc) is 3.15. The number of carbonyl (C=O) groups is 1. The van der Waals surface area contributed by atoms with Crippen LogP contribution in [0.1, 0.15) is 40.9 Å². The SMILES string of the molecule is Cc1ccc(C(=O)N(C)Cc2ccco2)cc1S(=O)(=O)N1CCCCC1. The number of benzene rings is 1. The number of hydrogen-bond donors (Lipinski definition) is 0.